The standard InChI is InChI=1S/C12H19N3O/c1-2-15-8-10(7-14-15)6-13-12-5-3-4-11(12)9-16/h2,7-8,11-13,16H,1,3-6,9H2. The van der Waals surface area contributed by atoms with Crippen LogP contribution in [0.3, 0.4) is 0 Å². The van der Waals surface area contributed by atoms with Gasteiger partial charge in [0.05, 0.1) is 6.20 Å². The van der Waals surface area contributed by atoms with Crippen molar-refractivity contribution in [3.8, 4) is 0 Å². The summed E-state index contributed by atoms with van der Waals surface area (Å²) in [7, 11) is 0. The first kappa shape index (κ1) is 11.4. The summed E-state index contributed by atoms with van der Waals surface area (Å²) in [5.74, 6) is 0.425. The summed E-state index contributed by atoms with van der Waals surface area (Å²) < 4.78 is 1.70. The normalized spacial score (nSPS) is 24.8. The van der Waals surface area contributed by atoms with Crippen LogP contribution in [0, 0.1) is 5.92 Å². The van der Waals surface area contributed by atoms with Gasteiger partial charge in [0.15, 0.2) is 0 Å². The van der Waals surface area contributed by atoms with Crippen LogP contribution in [0.25, 0.3) is 6.20 Å². The molecular formula is C12H19N3O. The van der Waals surface area contributed by atoms with Crippen molar-refractivity contribution >= 4 is 6.20 Å². The summed E-state index contributed by atoms with van der Waals surface area (Å²) in [6.07, 6.45) is 9.01. The van der Waals surface area contributed by atoms with Crippen molar-refractivity contribution in [2.45, 2.75) is 31.8 Å². The molecule has 16 heavy (non-hydrogen) atoms. The van der Waals surface area contributed by atoms with Crippen LogP contribution >= 0.6 is 0 Å². The second-order valence-corrected chi connectivity index (χ2v) is 4.37. The van der Waals surface area contributed by atoms with E-state index in [1.165, 1.54) is 12.8 Å². The lowest BCUT2D eigenvalue weighted by Gasteiger charge is -2.18. The molecule has 1 heterocycles. The highest BCUT2D eigenvalue weighted by atomic mass is 16.3. The Balaban J connectivity index is 1.84. The topological polar surface area (TPSA) is 50.1 Å². The zero-order chi connectivity index (χ0) is 11.4. The van der Waals surface area contributed by atoms with E-state index in [-0.39, 0.29) is 0 Å². The minimum absolute atomic E-state index is 0.295. The van der Waals surface area contributed by atoms with E-state index in [2.05, 4.69) is 17.0 Å². The van der Waals surface area contributed by atoms with Crippen molar-refractivity contribution < 1.29 is 5.11 Å². The van der Waals surface area contributed by atoms with Gasteiger partial charge in [0.25, 0.3) is 0 Å². The summed E-state index contributed by atoms with van der Waals surface area (Å²) in [5, 5.41) is 16.8. The van der Waals surface area contributed by atoms with Gasteiger partial charge < -0.3 is 10.4 Å². The lowest BCUT2D eigenvalue weighted by molar-refractivity contribution is 0.205. The smallest absolute Gasteiger partial charge is 0.0538 e. The molecule has 1 aliphatic carbocycles. The Hall–Kier alpha value is -1.13. The SMILES string of the molecule is C=Cn1cc(CNC2CCCC2CO)cn1. The molecule has 2 unspecified atom stereocenters. The van der Waals surface area contributed by atoms with Gasteiger partial charge in [0.2, 0.25) is 0 Å². The molecule has 2 N–H and O–H groups in total. The van der Waals surface area contributed by atoms with Gasteiger partial charge in [-0.25, -0.2) is 4.68 Å². The highest BCUT2D eigenvalue weighted by molar-refractivity contribution is 5.17. The van der Waals surface area contributed by atoms with Crippen molar-refractivity contribution in [1.82, 2.24) is 15.1 Å². The molecule has 1 saturated carbocycles. The Kier molecular flexibility index (Phi) is 3.74. The van der Waals surface area contributed by atoms with Crippen LogP contribution in [0.4, 0.5) is 0 Å². The maximum atomic E-state index is 9.21. The highest BCUT2D eigenvalue weighted by Crippen LogP contribution is 2.25. The minimum atomic E-state index is 0.295. The summed E-state index contributed by atoms with van der Waals surface area (Å²) in [4.78, 5) is 0. The van der Waals surface area contributed by atoms with E-state index in [4.69, 9.17) is 0 Å². The van der Waals surface area contributed by atoms with Crippen LogP contribution in [-0.2, 0) is 6.54 Å². The molecule has 0 saturated heterocycles. The predicted molar refractivity (Wildman–Crippen MR) is 63.7 cm³/mol. The number of hydrogen-bond acceptors (Lipinski definition) is 3. The fourth-order valence-electron chi connectivity index (χ4n) is 2.34. The molecule has 1 aromatic rings. The van der Waals surface area contributed by atoms with Gasteiger partial charge in [0.1, 0.15) is 0 Å². The monoisotopic (exact) mass is 221 g/mol. The lowest BCUT2D eigenvalue weighted by Crippen LogP contribution is -2.33. The molecule has 0 spiro atoms. The highest BCUT2D eigenvalue weighted by Gasteiger charge is 2.25. The van der Waals surface area contributed by atoms with E-state index < -0.39 is 0 Å². The summed E-state index contributed by atoms with van der Waals surface area (Å²) >= 11 is 0. The lowest BCUT2D eigenvalue weighted by atomic mass is 10.1. The van der Waals surface area contributed by atoms with Gasteiger partial charge >= 0.3 is 0 Å². The second kappa shape index (κ2) is 5.27. The number of aliphatic hydroxyl groups is 1. The van der Waals surface area contributed by atoms with Crippen LogP contribution in [0.5, 0.6) is 0 Å². The molecule has 4 heteroatoms. The number of aromatic nitrogens is 2. The van der Waals surface area contributed by atoms with Crippen LogP contribution in [0.15, 0.2) is 19.0 Å². The predicted octanol–water partition coefficient (Wildman–Crippen LogP) is 1.23. The molecule has 0 aliphatic heterocycles. The summed E-state index contributed by atoms with van der Waals surface area (Å²) in [5.41, 5.74) is 1.16. The molecule has 0 aromatic carbocycles. The van der Waals surface area contributed by atoms with Gasteiger partial charge in [-0.15, -0.1) is 0 Å². The number of nitrogens with zero attached hydrogens (tertiary/aromatic N) is 2. The first-order chi connectivity index (χ1) is 7.83. The third-order valence-corrected chi connectivity index (χ3v) is 3.30. The Morgan fingerprint density at radius 1 is 1.62 bits per heavy atom. The molecule has 0 amide bonds. The summed E-state index contributed by atoms with van der Waals surface area (Å²) in [6.45, 7) is 4.76. The largest absolute Gasteiger partial charge is 0.396 e. The van der Waals surface area contributed by atoms with Crippen molar-refractivity contribution in [1.29, 1.82) is 0 Å². The van der Waals surface area contributed by atoms with Crippen LogP contribution in [0.1, 0.15) is 24.8 Å². The zero-order valence-electron chi connectivity index (χ0n) is 9.47. The Bertz CT molecular complexity index is 348. The fraction of sp³-hybridized carbons (Fsp3) is 0.583. The van der Waals surface area contributed by atoms with Crippen molar-refractivity contribution in [3.63, 3.8) is 0 Å². The van der Waals surface area contributed by atoms with E-state index in [9.17, 15) is 5.11 Å². The van der Waals surface area contributed by atoms with Gasteiger partial charge in [-0.1, -0.05) is 13.0 Å². The first-order valence-electron chi connectivity index (χ1n) is 5.83. The minimum Gasteiger partial charge on any atom is -0.396 e. The third-order valence-electron chi connectivity index (χ3n) is 3.30. The van der Waals surface area contributed by atoms with Gasteiger partial charge in [-0.2, -0.15) is 5.10 Å². The quantitative estimate of drug-likeness (QED) is 0.786. The molecular weight excluding hydrogens is 202 g/mol. The zero-order valence-corrected chi connectivity index (χ0v) is 9.47. The Morgan fingerprint density at radius 2 is 2.50 bits per heavy atom. The Morgan fingerprint density at radius 3 is 3.19 bits per heavy atom. The van der Waals surface area contributed by atoms with Gasteiger partial charge in [0, 0.05) is 37.2 Å². The summed E-state index contributed by atoms with van der Waals surface area (Å²) in [6, 6.07) is 0.456. The molecule has 0 bridgehead atoms. The number of rotatable bonds is 5. The average molecular weight is 221 g/mol. The maximum absolute atomic E-state index is 9.21. The van der Waals surface area contributed by atoms with E-state index in [0.717, 1.165) is 18.5 Å². The molecule has 4 nitrogen and oxygen atoms in total. The molecule has 2 atom stereocenters. The average Bonchev–Trinajstić information content (AvgIpc) is 2.94. The van der Waals surface area contributed by atoms with Gasteiger partial charge in [-0.3, -0.25) is 0 Å². The molecule has 88 valence electrons. The van der Waals surface area contributed by atoms with E-state index >= 15 is 0 Å². The molecule has 1 fully saturated rings. The van der Waals surface area contributed by atoms with Crippen molar-refractivity contribution in [2.24, 2.45) is 5.92 Å². The molecule has 1 aromatic heterocycles. The Labute approximate surface area is 96.0 Å². The van der Waals surface area contributed by atoms with Crippen LogP contribution in [0.2, 0.25) is 0 Å². The molecule has 1 aliphatic rings. The molecule has 0 radical (unpaired) electrons. The van der Waals surface area contributed by atoms with Crippen LogP contribution < -0.4 is 5.32 Å². The van der Waals surface area contributed by atoms with E-state index in [1.807, 2.05) is 12.4 Å². The van der Waals surface area contributed by atoms with Crippen molar-refractivity contribution in [2.75, 3.05) is 6.61 Å². The fourth-order valence-corrected chi connectivity index (χ4v) is 2.34. The van der Waals surface area contributed by atoms with Gasteiger partial charge in [-0.05, 0) is 18.8 Å². The number of hydrogen-bond donors (Lipinski definition) is 2. The van der Waals surface area contributed by atoms with E-state index in [1.54, 1.807) is 10.9 Å². The maximum Gasteiger partial charge on any atom is 0.0538 e. The molecule has 2 rings (SSSR count). The van der Waals surface area contributed by atoms with Crippen LogP contribution in [-0.4, -0.2) is 27.5 Å². The number of nitrogens with one attached hydrogen (secondary N) is 1. The first-order valence-corrected chi connectivity index (χ1v) is 5.83. The van der Waals surface area contributed by atoms with Crippen molar-refractivity contribution in [3.05, 3.63) is 24.5 Å². The number of aliphatic hydroxyl groups excluding tert-OH is 1. The third kappa shape index (κ3) is 2.51. The van der Waals surface area contributed by atoms with E-state index in [0.29, 0.717) is 18.6 Å². The second-order valence-electron chi connectivity index (χ2n) is 4.37.